The van der Waals surface area contributed by atoms with E-state index in [2.05, 4.69) is 21.2 Å². The van der Waals surface area contributed by atoms with E-state index in [0.717, 1.165) is 25.7 Å². The third kappa shape index (κ3) is 4.30. The van der Waals surface area contributed by atoms with Crippen molar-refractivity contribution >= 4 is 27.8 Å². The molecule has 132 valence electrons. The number of carbonyl (C=O) groups excluding carboxylic acids is 1. The molecule has 3 rings (SSSR count). The second-order valence-electron chi connectivity index (χ2n) is 5.87. The van der Waals surface area contributed by atoms with E-state index in [1.807, 2.05) is 0 Å². The van der Waals surface area contributed by atoms with Gasteiger partial charge in [0.1, 0.15) is 18.2 Å². The molecule has 1 aromatic carbocycles. The number of nitrogens with one attached hydrogen (secondary N) is 1. The van der Waals surface area contributed by atoms with Crippen LogP contribution in [0.15, 0.2) is 22.7 Å². The van der Waals surface area contributed by atoms with Crippen LogP contribution in [0, 0.1) is 11.6 Å². The molecule has 1 spiro atoms. The summed E-state index contributed by atoms with van der Waals surface area (Å²) in [6, 6.07) is 3.69. The predicted molar refractivity (Wildman–Crippen MR) is 87.5 cm³/mol. The first-order chi connectivity index (χ1) is 11.4. The Bertz CT molecular complexity index is 601. The van der Waals surface area contributed by atoms with Gasteiger partial charge in [-0.15, -0.1) is 0 Å². The van der Waals surface area contributed by atoms with Crippen molar-refractivity contribution in [3.63, 3.8) is 0 Å². The summed E-state index contributed by atoms with van der Waals surface area (Å²) in [5.41, 5.74) is -0.437. The molecule has 0 atom stereocenters. The Morgan fingerprint density at radius 1 is 1.29 bits per heavy atom. The molecule has 1 aliphatic carbocycles. The molecular formula is C16H19BrF2N2O3. The van der Waals surface area contributed by atoms with Crippen LogP contribution in [0.25, 0.3) is 0 Å². The Morgan fingerprint density at radius 3 is 2.38 bits per heavy atom. The molecular weight excluding hydrogens is 386 g/mol. The molecule has 5 nitrogen and oxygen atoms in total. The molecule has 0 bridgehead atoms. The normalized spacial score (nSPS) is 19.1. The van der Waals surface area contributed by atoms with Crippen molar-refractivity contribution in [2.75, 3.05) is 19.6 Å². The van der Waals surface area contributed by atoms with Gasteiger partial charge in [0, 0.05) is 13.1 Å². The quantitative estimate of drug-likeness (QED) is 0.743. The minimum absolute atomic E-state index is 0.0198. The number of carbonyl (C=O) groups is 2. The van der Waals surface area contributed by atoms with Crippen LogP contribution in [0.4, 0.5) is 8.78 Å². The second-order valence-corrected chi connectivity index (χ2v) is 6.67. The summed E-state index contributed by atoms with van der Waals surface area (Å²) in [6.45, 7) is 1.05. The van der Waals surface area contributed by atoms with Gasteiger partial charge in [0.05, 0.1) is 10.0 Å². The maximum Gasteiger partial charge on any atom is 0.323 e. The highest BCUT2D eigenvalue weighted by Gasteiger charge is 2.45. The lowest BCUT2D eigenvalue weighted by Gasteiger charge is -2.39. The highest BCUT2D eigenvalue weighted by molar-refractivity contribution is 9.10. The van der Waals surface area contributed by atoms with Crippen LogP contribution in [-0.4, -0.2) is 47.1 Å². The van der Waals surface area contributed by atoms with Crippen LogP contribution in [0.5, 0.6) is 0 Å². The fourth-order valence-corrected chi connectivity index (χ4v) is 3.34. The number of halogens is 3. The van der Waals surface area contributed by atoms with E-state index >= 15 is 0 Å². The van der Waals surface area contributed by atoms with Crippen molar-refractivity contribution in [2.45, 2.75) is 31.2 Å². The fourth-order valence-electron chi connectivity index (χ4n) is 3.07. The number of piperazine rings is 1. The molecule has 2 N–H and O–H groups in total. The molecule has 1 aromatic rings. The molecule has 1 amide bonds. The summed E-state index contributed by atoms with van der Waals surface area (Å²) >= 11 is 2.73. The third-order valence-electron chi connectivity index (χ3n) is 4.23. The van der Waals surface area contributed by atoms with Gasteiger partial charge in [0.25, 0.3) is 0 Å². The van der Waals surface area contributed by atoms with E-state index < -0.39 is 23.1 Å². The SMILES string of the molecule is Fc1cccc(F)c1Br.O=C(O)CN1CCNC2(CCCC2)C1=O. The zero-order valence-electron chi connectivity index (χ0n) is 13.0. The number of hydrogen-bond acceptors (Lipinski definition) is 3. The van der Waals surface area contributed by atoms with Crippen molar-refractivity contribution in [2.24, 2.45) is 0 Å². The third-order valence-corrected chi connectivity index (χ3v) is 4.99. The molecule has 0 radical (unpaired) electrons. The van der Waals surface area contributed by atoms with Crippen molar-refractivity contribution in [1.29, 1.82) is 0 Å². The number of carboxylic acids is 1. The van der Waals surface area contributed by atoms with Crippen molar-refractivity contribution < 1.29 is 23.5 Å². The van der Waals surface area contributed by atoms with Crippen molar-refractivity contribution in [3.8, 4) is 0 Å². The summed E-state index contributed by atoms with van der Waals surface area (Å²) in [5.74, 6) is -2.10. The van der Waals surface area contributed by atoms with Gasteiger partial charge in [0.15, 0.2) is 0 Å². The zero-order valence-corrected chi connectivity index (χ0v) is 14.6. The highest BCUT2D eigenvalue weighted by Crippen LogP contribution is 2.32. The smallest absolute Gasteiger partial charge is 0.323 e. The van der Waals surface area contributed by atoms with Gasteiger partial charge in [-0.1, -0.05) is 18.9 Å². The Morgan fingerprint density at radius 2 is 1.88 bits per heavy atom. The maximum absolute atomic E-state index is 12.3. The summed E-state index contributed by atoms with van der Waals surface area (Å²) in [4.78, 5) is 24.1. The van der Waals surface area contributed by atoms with Crippen LogP contribution < -0.4 is 5.32 Å². The summed E-state index contributed by atoms with van der Waals surface area (Å²) in [6.07, 6.45) is 3.81. The number of carboxylic acid groups (broad SMARTS) is 1. The van der Waals surface area contributed by atoms with E-state index in [-0.39, 0.29) is 16.9 Å². The summed E-state index contributed by atoms with van der Waals surface area (Å²) in [7, 11) is 0. The van der Waals surface area contributed by atoms with Crippen LogP contribution in [-0.2, 0) is 9.59 Å². The topological polar surface area (TPSA) is 69.6 Å². The van der Waals surface area contributed by atoms with E-state index in [1.165, 1.54) is 23.1 Å². The summed E-state index contributed by atoms with van der Waals surface area (Å²) in [5, 5.41) is 12.0. The highest BCUT2D eigenvalue weighted by atomic mass is 79.9. The van der Waals surface area contributed by atoms with E-state index in [1.54, 1.807) is 0 Å². The van der Waals surface area contributed by atoms with Gasteiger partial charge < -0.3 is 15.3 Å². The largest absolute Gasteiger partial charge is 0.480 e. The standard InChI is InChI=1S/C10H16N2O3.C6H3BrF2/c13-8(14)7-12-6-5-11-10(9(12)15)3-1-2-4-10;7-6-4(8)2-1-3-5(6)9/h11H,1-7H2,(H,13,14);1-3H. The van der Waals surface area contributed by atoms with E-state index in [9.17, 15) is 18.4 Å². The minimum atomic E-state index is -0.932. The Labute approximate surface area is 147 Å². The van der Waals surface area contributed by atoms with Gasteiger partial charge in [-0.25, -0.2) is 8.78 Å². The first kappa shape index (κ1) is 18.8. The van der Waals surface area contributed by atoms with Gasteiger partial charge in [0.2, 0.25) is 5.91 Å². The number of nitrogens with zero attached hydrogens (tertiary/aromatic N) is 1. The van der Waals surface area contributed by atoms with E-state index in [4.69, 9.17) is 5.11 Å². The lowest BCUT2D eigenvalue weighted by atomic mass is 9.93. The molecule has 1 saturated heterocycles. The molecule has 8 heteroatoms. The van der Waals surface area contributed by atoms with Gasteiger partial charge in [-0.2, -0.15) is 0 Å². The number of amides is 1. The average molecular weight is 405 g/mol. The molecule has 1 saturated carbocycles. The fraction of sp³-hybridized carbons (Fsp3) is 0.500. The van der Waals surface area contributed by atoms with Crippen LogP contribution in [0.1, 0.15) is 25.7 Å². The van der Waals surface area contributed by atoms with Gasteiger partial charge >= 0.3 is 5.97 Å². The zero-order chi connectivity index (χ0) is 17.7. The van der Waals surface area contributed by atoms with Gasteiger partial charge in [-0.3, -0.25) is 9.59 Å². The first-order valence-electron chi connectivity index (χ1n) is 7.71. The lowest BCUT2D eigenvalue weighted by Crippen LogP contribution is -2.63. The Hall–Kier alpha value is -1.54. The van der Waals surface area contributed by atoms with Crippen LogP contribution in [0.3, 0.4) is 0 Å². The van der Waals surface area contributed by atoms with E-state index in [0.29, 0.717) is 13.1 Å². The van der Waals surface area contributed by atoms with Crippen LogP contribution >= 0.6 is 15.9 Å². The first-order valence-corrected chi connectivity index (χ1v) is 8.51. The number of aliphatic carboxylic acids is 1. The molecule has 0 aromatic heterocycles. The predicted octanol–water partition coefficient (Wildman–Crippen LogP) is 2.54. The molecule has 2 fully saturated rings. The molecule has 24 heavy (non-hydrogen) atoms. The van der Waals surface area contributed by atoms with Crippen LogP contribution in [0.2, 0.25) is 0 Å². The van der Waals surface area contributed by atoms with Gasteiger partial charge in [-0.05, 0) is 40.9 Å². The maximum atomic E-state index is 12.3. The van der Waals surface area contributed by atoms with Crippen molar-refractivity contribution in [1.82, 2.24) is 10.2 Å². The minimum Gasteiger partial charge on any atom is -0.480 e. The second kappa shape index (κ2) is 8.02. The average Bonchev–Trinajstić information content (AvgIpc) is 2.99. The molecule has 1 aliphatic heterocycles. The Balaban J connectivity index is 0.000000198. The summed E-state index contributed by atoms with van der Waals surface area (Å²) < 4.78 is 24.5. The lowest BCUT2D eigenvalue weighted by molar-refractivity contribution is -0.149. The molecule has 2 aliphatic rings. The molecule has 1 heterocycles. The molecule has 0 unspecified atom stereocenters. The van der Waals surface area contributed by atoms with Crippen molar-refractivity contribution in [3.05, 3.63) is 34.3 Å². The number of hydrogen-bond donors (Lipinski definition) is 2. The monoisotopic (exact) mass is 404 g/mol. The number of benzene rings is 1. The Kier molecular flexibility index (Phi) is 6.28. The number of rotatable bonds is 2.